The Morgan fingerprint density at radius 2 is 2.05 bits per heavy atom. The van der Waals surface area contributed by atoms with Gasteiger partial charge in [0.05, 0.1) is 18.3 Å². The van der Waals surface area contributed by atoms with Gasteiger partial charge in [0.2, 0.25) is 5.89 Å². The first-order valence-corrected chi connectivity index (χ1v) is 7.54. The van der Waals surface area contributed by atoms with Gasteiger partial charge in [-0.3, -0.25) is 4.90 Å². The standard InChI is InChI=1S/C17H22N2O2/c1-12(19(2)11-15(20)13-8-9-13)17-18-10-16(21-17)14-6-4-3-5-7-14/h3-7,10,12-13,15,20H,8-9,11H2,1-2H3. The lowest BCUT2D eigenvalue weighted by Crippen LogP contribution is -2.32. The molecule has 0 aliphatic heterocycles. The lowest BCUT2D eigenvalue weighted by atomic mass is 10.2. The monoisotopic (exact) mass is 286 g/mol. The van der Waals surface area contributed by atoms with Gasteiger partial charge < -0.3 is 9.52 Å². The van der Waals surface area contributed by atoms with Gasteiger partial charge in [0.25, 0.3) is 0 Å². The molecule has 0 radical (unpaired) electrons. The van der Waals surface area contributed by atoms with Crippen LogP contribution in [0.5, 0.6) is 0 Å². The van der Waals surface area contributed by atoms with Crippen molar-refractivity contribution in [3.05, 3.63) is 42.4 Å². The van der Waals surface area contributed by atoms with Crippen molar-refractivity contribution in [2.24, 2.45) is 5.92 Å². The molecule has 1 N–H and O–H groups in total. The lowest BCUT2D eigenvalue weighted by Gasteiger charge is -2.24. The Bertz CT molecular complexity index is 577. The summed E-state index contributed by atoms with van der Waals surface area (Å²) >= 11 is 0. The fourth-order valence-electron chi connectivity index (χ4n) is 2.49. The normalized spacial score (nSPS) is 17.9. The van der Waals surface area contributed by atoms with Gasteiger partial charge in [-0.1, -0.05) is 30.3 Å². The second kappa shape index (κ2) is 6.00. The predicted octanol–water partition coefficient (Wildman–Crippen LogP) is 3.11. The molecule has 3 rings (SSSR count). The number of rotatable bonds is 6. The molecule has 1 aromatic heterocycles. The molecule has 1 saturated carbocycles. The Hall–Kier alpha value is -1.65. The van der Waals surface area contributed by atoms with Gasteiger partial charge in [-0.2, -0.15) is 0 Å². The number of hydrogen-bond donors (Lipinski definition) is 1. The van der Waals surface area contributed by atoms with Crippen molar-refractivity contribution >= 4 is 0 Å². The molecule has 21 heavy (non-hydrogen) atoms. The second-order valence-corrected chi connectivity index (χ2v) is 5.95. The van der Waals surface area contributed by atoms with Crippen LogP contribution in [-0.2, 0) is 0 Å². The van der Waals surface area contributed by atoms with Gasteiger partial charge in [0, 0.05) is 12.1 Å². The maximum Gasteiger partial charge on any atom is 0.211 e. The van der Waals surface area contributed by atoms with Gasteiger partial charge in [0.1, 0.15) is 0 Å². The molecular formula is C17H22N2O2. The molecule has 1 heterocycles. The number of oxazole rings is 1. The molecular weight excluding hydrogens is 264 g/mol. The van der Waals surface area contributed by atoms with E-state index < -0.39 is 0 Å². The van der Waals surface area contributed by atoms with E-state index in [9.17, 15) is 5.11 Å². The summed E-state index contributed by atoms with van der Waals surface area (Å²) in [5.41, 5.74) is 1.03. The lowest BCUT2D eigenvalue weighted by molar-refractivity contribution is 0.0852. The fraction of sp³-hybridized carbons (Fsp3) is 0.471. The first-order valence-electron chi connectivity index (χ1n) is 7.54. The Kier molecular flexibility index (Phi) is 4.08. The van der Waals surface area contributed by atoms with E-state index in [1.54, 1.807) is 6.20 Å². The van der Waals surface area contributed by atoms with E-state index in [2.05, 4.69) is 16.8 Å². The first-order chi connectivity index (χ1) is 10.1. The fourth-order valence-corrected chi connectivity index (χ4v) is 2.49. The zero-order valence-electron chi connectivity index (χ0n) is 12.6. The summed E-state index contributed by atoms with van der Waals surface area (Å²) in [7, 11) is 2.00. The summed E-state index contributed by atoms with van der Waals surface area (Å²) in [6.45, 7) is 2.72. The van der Waals surface area contributed by atoms with E-state index in [0.717, 1.165) is 24.2 Å². The van der Waals surface area contributed by atoms with Crippen LogP contribution >= 0.6 is 0 Å². The average Bonchev–Trinajstić information content (AvgIpc) is 3.25. The topological polar surface area (TPSA) is 49.5 Å². The summed E-state index contributed by atoms with van der Waals surface area (Å²) < 4.78 is 5.88. The maximum atomic E-state index is 10.0. The van der Waals surface area contributed by atoms with Crippen molar-refractivity contribution in [3.8, 4) is 11.3 Å². The van der Waals surface area contributed by atoms with Crippen LogP contribution < -0.4 is 0 Å². The molecule has 0 saturated heterocycles. The number of benzene rings is 1. The molecule has 1 fully saturated rings. The largest absolute Gasteiger partial charge is 0.439 e. The summed E-state index contributed by atoms with van der Waals surface area (Å²) in [5, 5.41) is 10.0. The molecule has 1 aliphatic carbocycles. The van der Waals surface area contributed by atoms with Gasteiger partial charge in [-0.05, 0) is 32.7 Å². The van der Waals surface area contributed by atoms with Crippen molar-refractivity contribution in [1.29, 1.82) is 0 Å². The minimum atomic E-state index is -0.235. The highest BCUT2D eigenvalue weighted by molar-refractivity contribution is 5.55. The van der Waals surface area contributed by atoms with Crippen LogP contribution in [0, 0.1) is 5.92 Å². The maximum absolute atomic E-state index is 10.0. The molecule has 2 unspecified atom stereocenters. The highest BCUT2D eigenvalue weighted by Gasteiger charge is 2.31. The Morgan fingerprint density at radius 3 is 2.71 bits per heavy atom. The third-order valence-corrected chi connectivity index (χ3v) is 4.24. The van der Waals surface area contributed by atoms with E-state index in [4.69, 9.17) is 4.42 Å². The zero-order chi connectivity index (χ0) is 14.8. The van der Waals surface area contributed by atoms with Crippen LogP contribution in [0.25, 0.3) is 11.3 Å². The molecule has 112 valence electrons. The quantitative estimate of drug-likeness (QED) is 0.886. The van der Waals surface area contributed by atoms with Crippen molar-refractivity contribution in [1.82, 2.24) is 9.88 Å². The highest BCUT2D eigenvalue weighted by atomic mass is 16.4. The third-order valence-electron chi connectivity index (χ3n) is 4.24. The van der Waals surface area contributed by atoms with Gasteiger partial charge in [0.15, 0.2) is 5.76 Å². The van der Waals surface area contributed by atoms with Crippen LogP contribution in [-0.4, -0.2) is 34.7 Å². The summed E-state index contributed by atoms with van der Waals surface area (Å²) in [5.74, 6) is 1.97. The molecule has 2 aromatic rings. The number of aliphatic hydroxyl groups excluding tert-OH is 1. The average molecular weight is 286 g/mol. The van der Waals surface area contributed by atoms with Crippen LogP contribution in [0.3, 0.4) is 0 Å². The Morgan fingerprint density at radius 1 is 1.33 bits per heavy atom. The summed E-state index contributed by atoms with van der Waals surface area (Å²) in [6, 6.07) is 10.0. The van der Waals surface area contributed by atoms with Crippen LogP contribution in [0.15, 0.2) is 40.9 Å². The van der Waals surface area contributed by atoms with Crippen molar-refractivity contribution in [2.75, 3.05) is 13.6 Å². The van der Waals surface area contributed by atoms with Crippen molar-refractivity contribution in [3.63, 3.8) is 0 Å². The SMILES string of the molecule is CC(c1ncc(-c2ccccc2)o1)N(C)CC(O)C1CC1. The molecule has 1 aromatic carbocycles. The van der Waals surface area contributed by atoms with E-state index in [-0.39, 0.29) is 12.1 Å². The predicted molar refractivity (Wildman–Crippen MR) is 81.7 cm³/mol. The molecule has 0 spiro atoms. The van der Waals surface area contributed by atoms with E-state index in [1.165, 1.54) is 0 Å². The smallest absolute Gasteiger partial charge is 0.211 e. The highest BCUT2D eigenvalue weighted by Crippen LogP contribution is 2.33. The number of aromatic nitrogens is 1. The minimum Gasteiger partial charge on any atom is -0.439 e. The van der Waals surface area contributed by atoms with E-state index in [1.807, 2.05) is 37.4 Å². The number of aliphatic hydroxyl groups is 1. The van der Waals surface area contributed by atoms with E-state index >= 15 is 0 Å². The van der Waals surface area contributed by atoms with Gasteiger partial charge in [-0.25, -0.2) is 4.98 Å². The van der Waals surface area contributed by atoms with Gasteiger partial charge in [-0.15, -0.1) is 0 Å². The number of likely N-dealkylation sites (N-methyl/N-ethyl adjacent to an activating group) is 1. The summed E-state index contributed by atoms with van der Waals surface area (Å²) in [6.07, 6.45) is 3.84. The summed E-state index contributed by atoms with van der Waals surface area (Å²) in [4.78, 5) is 6.49. The Labute approximate surface area is 125 Å². The first kappa shape index (κ1) is 14.3. The van der Waals surface area contributed by atoms with Crippen LogP contribution in [0.4, 0.5) is 0 Å². The van der Waals surface area contributed by atoms with Crippen molar-refractivity contribution in [2.45, 2.75) is 31.9 Å². The molecule has 4 nitrogen and oxygen atoms in total. The molecule has 4 heteroatoms. The second-order valence-electron chi connectivity index (χ2n) is 5.95. The van der Waals surface area contributed by atoms with Gasteiger partial charge >= 0.3 is 0 Å². The molecule has 0 amide bonds. The molecule has 1 aliphatic rings. The number of nitrogens with zero attached hydrogens (tertiary/aromatic N) is 2. The third kappa shape index (κ3) is 3.34. The minimum absolute atomic E-state index is 0.0517. The van der Waals surface area contributed by atoms with Crippen molar-refractivity contribution < 1.29 is 9.52 Å². The zero-order valence-corrected chi connectivity index (χ0v) is 12.6. The van der Waals surface area contributed by atoms with Crippen LogP contribution in [0.2, 0.25) is 0 Å². The van der Waals surface area contributed by atoms with Crippen LogP contribution in [0.1, 0.15) is 31.7 Å². The molecule has 0 bridgehead atoms. The van der Waals surface area contributed by atoms with E-state index in [0.29, 0.717) is 18.4 Å². The Balaban J connectivity index is 1.67. The number of hydrogen-bond acceptors (Lipinski definition) is 4. The molecule has 2 atom stereocenters.